The fourth-order valence-electron chi connectivity index (χ4n) is 6.04. The number of rotatable bonds is 9. The van der Waals surface area contributed by atoms with Gasteiger partial charge in [0.1, 0.15) is 5.82 Å². The van der Waals surface area contributed by atoms with E-state index in [-0.39, 0.29) is 5.41 Å². The summed E-state index contributed by atoms with van der Waals surface area (Å²) in [6, 6.07) is 20.4. The van der Waals surface area contributed by atoms with Crippen LogP contribution in [0.15, 0.2) is 85.0 Å². The normalized spacial score (nSPS) is 16.1. The van der Waals surface area contributed by atoms with Gasteiger partial charge >= 0.3 is 6.18 Å². The van der Waals surface area contributed by atoms with E-state index in [1.165, 1.54) is 36.1 Å². The largest absolute Gasteiger partial charge is 0.416 e. The molecule has 0 saturated heterocycles. The molecule has 0 aliphatic heterocycles. The first-order valence-electron chi connectivity index (χ1n) is 16.2. The van der Waals surface area contributed by atoms with Gasteiger partial charge in [-0.3, -0.25) is 0 Å². The van der Waals surface area contributed by atoms with E-state index < -0.39 is 11.7 Å². The van der Waals surface area contributed by atoms with Crippen molar-refractivity contribution in [2.45, 2.75) is 85.2 Å². The van der Waals surface area contributed by atoms with E-state index >= 15 is 0 Å². The van der Waals surface area contributed by atoms with Gasteiger partial charge in [0.2, 0.25) is 0 Å². The van der Waals surface area contributed by atoms with Crippen LogP contribution in [0.1, 0.15) is 89.7 Å². The van der Waals surface area contributed by atoms with E-state index in [0.717, 1.165) is 53.2 Å². The molecule has 2 unspecified atom stereocenters. The highest BCUT2D eigenvalue weighted by molar-refractivity contribution is 5.80. The Bertz CT molecular complexity index is 1670. The first-order chi connectivity index (χ1) is 21.4. The molecule has 0 fully saturated rings. The lowest BCUT2D eigenvalue weighted by Crippen LogP contribution is -2.11. The maximum absolute atomic E-state index is 13.2. The van der Waals surface area contributed by atoms with Gasteiger partial charge in [0.15, 0.2) is 5.82 Å². The third-order valence-electron chi connectivity index (χ3n) is 8.81. The molecule has 0 radical (unpaired) electrons. The summed E-state index contributed by atoms with van der Waals surface area (Å²) in [7, 11) is 0. The van der Waals surface area contributed by atoms with Gasteiger partial charge in [0.25, 0.3) is 0 Å². The Morgan fingerprint density at radius 1 is 0.822 bits per heavy atom. The number of alkyl halides is 3. The van der Waals surface area contributed by atoms with Crippen LogP contribution in [-0.4, -0.2) is 14.8 Å². The number of hydrogen-bond acceptors (Lipinski definition) is 2. The molecule has 0 bridgehead atoms. The van der Waals surface area contributed by atoms with E-state index in [9.17, 15) is 13.2 Å². The van der Waals surface area contributed by atoms with Crippen molar-refractivity contribution >= 4 is 5.57 Å². The molecule has 45 heavy (non-hydrogen) atoms. The Hall–Kier alpha value is -3.93. The van der Waals surface area contributed by atoms with Crippen LogP contribution in [-0.2, 0) is 18.0 Å². The van der Waals surface area contributed by atoms with Crippen LogP contribution in [0.3, 0.4) is 0 Å². The summed E-state index contributed by atoms with van der Waals surface area (Å²) in [5, 5.41) is 4.87. The number of allylic oxidation sites excluding steroid dienone is 4. The maximum Gasteiger partial charge on any atom is 0.416 e. The lowest BCUT2D eigenvalue weighted by Gasteiger charge is -2.23. The van der Waals surface area contributed by atoms with Crippen LogP contribution >= 0.6 is 0 Å². The molecule has 0 amide bonds. The van der Waals surface area contributed by atoms with Crippen LogP contribution in [0.4, 0.5) is 13.2 Å². The molecule has 2 atom stereocenters. The van der Waals surface area contributed by atoms with Crippen LogP contribution in [0.5, 0.6) is 0 Å². The molecule has 1 aliphatic carbocycles. The van der Waals surface area contributed by atoms with Crippen molar-refractivity contribution in [2.24, 2.45) is 11.8 Å². The van der Waals surface area contributed by atoms with E-state index in [4.69, 9.17) is 10.1 Å². The number of aromatic nitrogens is 3. The predicted octanol–water partition coefficient (Wildman–Crippen LogP) is 11.3. The minimum atomic E-state index is -4.39. The van der Waals surface area contributed by atoms with Crippen molar-refractivity contribution in [3.63, 3.8) is 0 Å². The Kier molecular flexibility index (Phi) is 9.52. The van der Waals surface area contributed by atoms with Gasteiger partial charge in [-0.1, -0.05) is 109 Å². The maximum atomic E-state index is 13.2. The van der Waals surface area contributed by atoms with Crippen molar-refractivity contribution in [1.29, 1.82) is 0 Å². The number of hydrogen-bond donors (Lipinski definition) is 0. The summed E-state index contributed by atoms with van der Waals surface area (Å²) in [4.78, 5) is 4.81. The van der Waals surface area contributed by atoms with Crippen molar-refractivity contribution in [3.05, 3.63) is 107 Å². The second-order valence-electron chi connectivity index (χ2n) is 13.4. The minimum absolute atomic E-state index is 0.0547. The zero-order valence-corrected chi connectivity index (χ0v) is 27.2. The van der Waals surface area contributed by atoms with Crippen molar-refractivity contribution < 1.29 is 13.2 Å². The predicted molar refractivity (Wildman–Crippen MR) is 179 cm³/mol. The SMILES string of the molecule is CCCc1nc(-c2ccc(C(F)(F)F)cc2)nn1-c1cc(C2=CCC(C(C)CCC)C=C2)cc(-c2ccc(C(C)(C)C)cc2)c1. The van der Waals surface area contributed by atoms with Crippen LogP contribution in [0.2, 0.25) is 0 Å². The van der Waals surface area contributed by atoms with Gasteiger partial charge in [0.05, 0.1) is 11.3 Å². The Morgan fingerprint density at radius 2 is 1.47 bits per heavy atom. The average molecular weight is 612 g/mol. The van der Waals surface area contributed by atoms with Crippen LogP contribution in [0, 0.1) is 11.8 Å². The summed E-state index contributed by atoms with van der Waals surface area (Å²) in [5.74, 6) is 2.38. The molecule has 3 nitrogen and oxygen atoms in total. The number of aryl methyl sites for hydroxylation is 1. The smallest absolute Gasteiger partial charge is 0.217 e. The molecule has 6 heteroatoms. The highest BCUT2D eigenvalue weighted by Crippen LogP contribution is 2.35. The third kappa shape index (κ3) is 7.49. The van der Waals surface area contributed by atoms with Crippen LogP contribution < -0.4 is 0 Å². The standard InChI is InChI=1S/C39H44F3N3/c1-7-9-26(3)27-11-13-28(14-12-27)31-23-32(29-15-19-33(20-16-29)38(4,5)6)25-35(24-31)45-36(10-8-2)43-37(44-45)30-17-21-34(22-18-30)39(40,41)42/h11,13-27H,7-10,12H2,1-6H3. The quantitative estimate of drug-likeness (QED) is 0.188. The minimum Gasteiger partial charge on any atom is -0.217 e. The highest BCUT2D eigenvalue weighted by atomic mass is 19.4. The Labute approximate surface area is 265 Å². The molecule has 0 saturated carbocycles. The number of halogens is 3. The summed E-state index contributed by atoms with van der Waals surface area (Å²) < 4.78 is 41.5. The lowest BCUT2D eigenvalue weighted by molar-refractivity contribution is -0.137. The molecule has 236 valence electrons. The highest BCUT2D eigenvalue weighted by Gasteiger charge is 2.30. The summed E-state index contributed by atoms with van der Waals surface area (Å²) in [5.41, 5.74) is 6.56. The van der Waals surface area contributed by atoms with Crippen LogP contribution in [0.25, 0.3) is 33.8 Å². The van der Waals surface area contributed by atoms with Crippen molar-refractivity contribution in [2.75, 3.05) is 0 Å². The van der Waals surface area contributed by atoms with Gasteiger partial charge < -0.3 is 0 Å². The molecule has 1 aliphatic rings. The van der Waals surface area contributed by atoms with Gasteiger partial charge in [-0.05, 0) is 88.3 Å². The second kappa shape index (κ2) is 13.2. The Morgan fingerprint density at radius 3 is 2.04 bits per heavy atom. The fourth-order valence-corrected chi connectivity index (χ4v) is 6.04. The van der Waals surface area contributed by atoms with E-state index in [1.54, 1.807) is 0 Å². The molecule has 1 heterocycles. The van der Waals surface area contributed by atoms with Gasteiger partial charge in [-0.15, -0.1) is 5.10 Å². The summed E-state index contributed by atoms with van der Waals surface area (Å²) in [6.45, 7) is 13.3. The van der Waals surface area contributed by atoms with Gasteiger partial charge in [-0.25, -0.2) is 9.67 Å². The topological polar surface area (TPSA) is 30.7 Å². The first-order valence-corrected chi connectivity index (χ1v) is 16.2. The second-order valence-corrected chi connectivity index (χ2v) is 13.4. The molecule has 0 spiro atoms. The van der Waals surface area contributed by atoms with Gasteiger partial charge in [-0.2, -0.15) is 13.2 Å². The zero-order valence-electron chi connectivity index (χ0n) is 27.2. The summed E-state index contributed by atoms with van der Waals surface area (Å²) in [6.07, 6.45) is 7.54. The molecule has 1 aromatic heterocycles. The molecular weight excluding hydrogens is 567 g/mol. The fraction of sp³-hybridized carbons (Fsp3) is 0.385. The molecule has 0 N–H and O–H groups in total. The first kappa shape index (κ1) is 32.5. The number of nitrogens with zero attached hydrogens (tertiary/aromatic N) is 3. The molecular formula is C39H44F3N3. The molecule has 4 aromatic rings. The summed E-state index contributed by atoms with van der Waals surface area (Å²) >= 11 is 0. The Balaban J connectivity index is 1.59. The van der Waals surface area contributed by atoms with Crippen molar-refractivity contribution in [3.8, 4) is 28.2 Å². The van der Waals surface area contributed by atoms with Crippen molar-refractivity contribution in [1.82, 2.24) is 14.8 Å². The van der Waals surface area contributed by atoms with E-state index in [0.29, 0.717) is 29.6 Å². The van der Waals surface area contributed by atoms with E-state index in [2.05, 4.69) is 102 Å². The monoisotopic (exact) mass is 611 g/mol. The molecule has 3 aromatic carbocycles. The zero-order chi connectivity index (χ0) is 32.4. The average Bonchev–Trinajstić information content (AvgIpc) is 3.44. The third-order valence-corrected chi connectivity index (χ3v) is 8.81. The lowest BCUT2D eigenvalue weighted by atomic mass is 9.82. The molecule has 5 rings (SSSR count). The van der Waals surface area contributed by atoms with Gasteiger partial charge in [0, 0.05) is 12.0 Å². The number of benzene rings is 3. The van der Waals surface area contributed by atoms with E-state index in [1.807, 2.05) is 4.68 Å².